The third-order valence-corrected chi connectivity index (χ3v) is 13.1. The molecule has 0 aliphatic heterocycles. The fraction of sp³-hybridized carbons (Fsp3) is 0.0328. The molecule has 2 heterocycles. The van der Waals surface area contributed by atoms with Crippen molar-refractivity contribution in [3.63, 3.8) is 0 Å². The topological polar surface area (TPSA) is 70.5 Å². The first-order valence-electron chi connectivity index (χ1n) is 22.3. The Labute approximate surface area is 405 Å². The second-order valence-corrected chi connectivity index (χ2v) is 17.2. The van der Waals surface area contributed by atoms with Gasteiger partial charge in [0, 0.05) is 38.2 Å². The second-order valence-electron chi connectivity index (χ2n) is 17.2. The molecule has 0 aliphatic carbocycles. The molecule has 0 aliphatic rings. The minimum atomic E-state index is -4.52. The van der Waals surface area contributed by atoms with Crippen LogP contribution in [0.4, 0.5) is 30.2 Å². The Kier molecular flexibility index (Phi) is 10.3. The van der Waals surface area contributed by atoms with E-state index in [0.717, 1.165) is 88.7 Å². The van der Waals surface area contributed by atoms with Crippen LogP contribution in [0.5, 0.6) is 0 Å². The van der Waals surface area contributed by atoms with Crippen LogP contribution in [0.2, 0.25) is 0 Å². The van der Waals surface area contributed by atoms with E-state index in [0.29, 0.717) is 50.6 Å². The number of hydrogen-bond acceptors (Lipinski definition) is 2. The Morgan fingerprint density at radius 1 is 0.423 bits per heavy atom. The molecule has 0 saturated heterocycles. The van der Waals surface area contributed by atoms with Crippen LogP contribution < -0.4 is 0 Å². The van der Waals surface area contributed by atoms with Gasteiger partial charge >= 0.3 is 6.18 Å². The summed E-state index contributed by atoms with van der Waals surface area (Å²) in [5.74, 6) is 0. The summed E-state index contributed by atoms with van der Waals surface area (Å²) in [6.45, 7) is 25.3. The van der Waals surface area contributed by atoms with Crippen molar-refractivity contribution in [2.24, 2.45) is 0 Å². The molecule has 11 rings (SSSR count). The van der Waals surface area contributed by atoms with Crippen molar-refractivity contribution in [2.75, 3.05) is 0 Å². The Bertz CT molecular complexity index is 4240. The molecule has 0 saturated carbocycles. The van der Waals surface area contributed by atoms with Crippen molar-refractivity contribution >= 4 is 60.7 Å². The summed E-state index contributed by atoms with van der Waals surface area (Å²) in [4.78, 5) is 11.1. The minimum absolute atomic E-state index is 0.350. The average molecular weight is 920 g/mol. The zero-order valence-electron chi connectivity index (χ0n) is 37.5. The molecule has 0 fully saturated rings. The molecule has 71 heavy (non-hydrogen) atoms. The lowest BCUT2D eigenvalue weighted by atomic mass is 9.93. The number of alkyl halides is 3. The number of fused-ring (bicyclic) bond motifs is 6. The van der Waals surface area contributed by atoms with E-state index >= 15 is 0 Å². The third kappa shape index (κ3) is 7.36. The lowest BCUT2D eigenvalue weighted by Gasteiger charge is -2.21. The summed E-state index contributed by atoms with van der Waals surface area (Å²) in [5.41, 5.74) is 12.4. The number of nitrogens with zero attached hydrogens (tertiary/aromatic N) is 7. The zero-order valence-corrected chi connectivity index (χ0v) is 37.5. The molecule has 9 aromatic carbocycles. The van der Waals surface area contributed by atoms with Crippen LogP contribution in [0.15, 0.2) is 176 Å². The maximum Gasteiger partial charge on any atom is 0.416 e. The van der Waals surface area contributed by atoms with Gasteiger partial charge < -0.3 is 9.13 Å². The van der Waals surface area contributed by atoms with E-state index < -0.39 is 11.7 Å². The average Bonchev–Trinajstić information content (AvgIpc) is 3.91. The van der Waals surface area contributed by atoms with E-state index in [4.69, 9.17) is 19.7 Å². The van der Waals surface area contributed by atoms with Crippen LogP contribution in [-0.2, 0) is 6.18 Å². The number of para-hydroxylation sites is 2. The molecule has 0 spiro atoms. The van der Waals surface area contributed by atoms with Crippen molar-refractivity contribution in [3.05, 3.63) is 232 Å². The van der Waals surface area contributed by atoms with Gasteiger partial charge in [-0.25, -0.2) is 14.5 Å². The normalized spacial score (nSPS) is 11.3. The molecule has 0 bridgehead atoms. The highest BCUT2D eigenvalue weighted by Crippen LogP contribution is 2.45. The number of aromatic nitrogens is 2. The molecule has 0 amide bonds. The maximum atomic E-state index is 14.0. The highest BCUT2D eigenvalue weighted by atomic mass is 19.4. The largest absolute Gasteiger partial charge is 0.416 e. The van der Waals surface area contributed by atoms with Crippen molar-refractivity contribution < 1.29 is 13.2 Å². The van der Waals surface area contributed by atoms with Gasteiger partial charge in [-0.15, -0.1) is 0 Å². The van der Waals surface area contributed by atoms with E-state index in [-0.39, 0.29) is 0 Å². The highest BCUT2D eigenvalue weighted by molar-refractivity contribution is 6.13. The smallest absolute Gasteiger partial charge is 0.309 e. The minimum Gasteiger partial charge on any atom is -0.309 e. The van der Waals surface area contributed by atoms with Gasteiger partial charge in [-0.2, -0.15) is 23.7 Å². The lowest BCUT2D eigenvalue weighted by Crippen LogP contribution is -2.05. The van der Waals surface area contributed by atoms with E-state index in [2.05, 4.69) is 54.0 Å². The fourth-order valence-corrected chi connectivity index (χ4v) is 9.92. The highest BCUT2D eigenvalue weighted by Gasteiger charge is 2.31. The Hall–Kier alpha value is -10.2. The van der Waals surface area contributed by atoms with Crippen molar-refractivity contribution in [1.82, 2.24) is 9.13 Å². The molecule has 2 aromatic heterocycles. The van der Waals surface area contributed by atoms with Gasteiger partial charge in [0.15, 0.2) is 17.1 Å². The van der Waals surface area contributed by atoms with Crippen LogP contribution >= 0.6 is 0 Å². The summed E-state index contributed by atoms with van der Waals surface area (Å²) in [6, 6.07) is 58.0. The van der Waals surface area contributed by atoms with Crippen LogP contribution in [0.25, 0.3) is 114 Å². The van der Waals surface area contributed by atoms with E-state index in [1.165, 1.54) is 12.1 Å². The molecular formula is C61H32F3N7. The Morgan fingerprint density at radius 3 is 1.45 bits per heavy atom. The number of rotatable bonds is 6. The summed E-state index contributed by atoms with van der Waals surface area (Å²) >= 11 is 0. The second kappa shape index (κ2) is 16.9. The number of aryl methyl sites for hydroxylation is 1. The van der Waals surface area contributed by atoms with E-state index in [1.807, 2.05) is 97.1 Å². The monoisotopic (exact) mass is 919 g/mol. The molecular weight excluding hydrogens is 888 g/mol. The molecule has 0 radical (unpaired) electrons. The number of benzene rings is 9. The van der Waals surface area contributed by atoms with Crippen molar-refractivity contribution in [1.29, 1.82) is 10.5 Å². The van der Waals surface area contributed by atoms with Gasteiger partial charge in [-0.1, -0.05) is 72.8 Å². The first-order chi connectivity index (χ1) is 34.5. The zero-order chi connectivity index (χ0) is 49.1. The number of hydrogen-bond donors (Lipinski definition) is 0. The summed E-state index contributed by atoms with van der Waals surface area (Å²) in [7, 11) is 0. The van der Waals surface area contributed by atoms with Crippen molar-refractivity contribution in [3.8, 4) is 68.0 Å². The van der Waals surface area contributed by atoms with E-state index in [9.17, 15) is 23.7 Å². The van der Waals surface area contributed by atoms with Crippen LogP contribution in [0.1, 0.15) is 22.3 Å². The molecule has 0 N–H and O–H groups in total. The van der Waals surface area contributed by atoms with Gasteiger partial charge in [0.1, 0.15) is 0 Å². The maximum absolute atomic E-state index is 14.0. The number of nitriles is 2. The predicted octanol–water partition coefficient (Wildman–Crippen LogP) is 17.3. The van der Waals surface area contributed by atoms with Crippen LogP contribution in [0.3, 0.4) is 0 Å². The molecule has 332 valence electrons. The van der Waals surface area contributed by atoms with Gasteiger partial charge in [-0.3, -0.25) is 0 Å². The van der Waals surface area contributed by atoms with Gasteiger partial charge in [0.25, 0.3) is 0 Å². The Morgan fingerprint density at radius 2 is 0.930 bits per heavy atom. The first-order valence-corrected chi connectivity index (χ1v) is 22.3. The predicted molar refractivity (Wildman–Crippen MR) is 275 cm³/mol. The quantitative estimate of drug-likeness (QED) is 0.156. The first kappa shape index (κ1) is 43.4. The molecule has 10 heteroatoms. The summed E-state index contributed by atoms with van der Waals surface area (Å²) in [5, 5.41) is 23.3. The lowest BCUT2D eigenvalue weighted by molar-refractivity contribution is -0.137. The summed E-state index contributed by atoms with van der Waals surface area (Å²) < 4.78 is 46.3. The van der Waals surface area contributed by atoms with Crippen molar-refractivity contribution in [2.45, 2.75) is 13.1 Å². The van der Waals surface area contributed by atoms with Gasteiger partial charge in [0.2, 0.25) is 0 Å². The molecule has 0 atom stereocenters. The van der Waals surface area contributed by atoms with Gasteiger partial charge in [-0.05, 0) is 155 Å². The van der Waals surface area contributed by atoms with Crippen LogP contribution in [0, 0.1) is 49.3 Å². The van der Waals surface area contributed by atoms with Crippen LogP contribution in [-0.4, -0.2) is 9.13 Å². The molecule has 11 aromatic rings. The van der Waals surface area contributed by atoms with Gasteiger partial charge in [0.05, 0.1) is 70.9 Å². The summed E-state index contributed by atoms with van der Waals surface area (Å²) in [6.07, 6.45) is -4.52. The SMILES string of the molecule is [C-]#[N+]c1cc(C#N)cc(-c2ccc3c(c2)c2ccccc2n3-c2ccc([N+]#[C-])cc2-c2ccc(-c3ccc(C(F)(F)F)cc3C)cc2-n2c3ccccc3c3cc(-c4cc(C#N)cc([N+]#[C-])c4)ccc32)c1. The third-order valence-electron chi connectivity index (χ3n) is 13.1. The standard InChI is InChI=1S/C61H32F3N7/c1-36-23-44(61(62,63)64)16-19-48(36)41-13-18-51(60(32-41)71-56-12-8-6-10-50(56)53-31-40(15-21-58(53)71)43-25-38(35-66)27-47(29-43)69-4)54-33-45(67-2)17-22-59(54)70-55-11-7-5-9-49(55)52-30-39(14-20-57(52)70)42-24-37(34-65)26-46(28-42)68-3/h5-33H,1H3. The van der Waals surface area contributed by atoms with E-state index in [1.54, 1.807) is 49.4 Å². The Balaban J connectivity index is 1.20. The fourth-order valence-electron chi connectivity index (χ4n) is 9.92. The molecule has 0 unspecified atom stereocenters. The number of halogens is 3. The molecule has 7 nitrogen and oxygen atoms in total.